The van der Waals surface area contributed by atoms with E-state index in [1.807, 2.05) is 49.6 Å². The number of pyridine rings is 1. The highest BCUT2D eigenvalue weighted by molar-refractivity contribution is 5.94. The number of carbonyl (C=O) groups excluding carboxylic acids is 2. The van der Waals surface area contributed by atoms with Crippen LogP contribution in [0.2, 0.25) is 0 Å². The van der Waals surface area contributed by atoms with Crippen LogP contribution in [0.1, 0.15) is 58.6 Å². The van der Waals surface area contributed by atoms with Crippen LogP contribution >= 0.6 is 0 Å². The zero-order valence-electron chi connectivity index (χ0n) is 18.2. The molecule has 3 rings (SSSR count). The van der Waals surface area contributed by atoms with E-state index >= 15 is 0 Å². The molecule has 0 spiro atoms. The molecule has 0 atom stereocenters. The number of aromatic nitrogens is 2. The molecule has 0 radical (unpaired) electrons. The molecule has 6 nitrogen and oxygen atoms in total. The Balaban J connectivity index is 1.40. The molecule has 0 aliphatic rings. The van der Waals surface area contributed by atoms with Gasteiger partial charge in [0, 0.05) is 24.8 Å². The topological polar surface area (TPSA) is 75.5 Å². The minimum absolute atomic E-state index is 0.0374. The molecule has 0 bridgehead atoms. The minimum atomic E-state index is -0.116. The van der Waals surface area contributed by atoms with Crippen LogP contribution in [0.25, 0.3) is 5.65 Å². The number of nitrogens with zero attached hydrogens (tertiary/aromatic N) is 2. The molecule has 2 heterocycles. The van der Waals surface area contributed by atoms with Crippen molar-refractivity contribution in [2.75, 3.05) is 11.9 Å². The lowest BCUT2D eigenvalue weighted by Crippen LogP contribution is -2.26. The van der Waals surface area contributed by atoms with E-state index in [2.05, 4.69) is 34.7 Å². The van der Waals surface area contributed by atoms with Crippen LogP contribution in [-0.2, 0) is 4.79 Å². The highest BCUT2D eigenvalue weighted by Gasteiger charge is 2.15. The van der Waals surface area contributed by atoms with Crippen LogP contribution in [0.4, 0.5) is 5.69 Å². The average Bonchev–Trinajstić information content (AvgIpc) is 3.03. The molecular weight excluding hydrogens is 376 g/mol. The van der Waals surface area contributed by atoms with Gasteiger partial charge in [-0.25, -0.2) is 4.98 Å². The number of imidazole rings is 1. The summed E-state index contributed by atoms with van der Waals surface area (Å²) < 4.78 is 1.81. The maximum absolute atomic E-state index is 12.5. The number of nitrogens with one attached hydrogen (secondary N) is 2. The van der Waals surface area contributed by atoms with Crippen LogP contribution in [0.3, 0.4) is 0 Å². The van der Waals surface area contributed by atoms with Crippen molar-refractivity contribution in [2.24, 2.45) is 0 Å². The van der Waals surface area contributed by atoms with Gasteiger partial charge < -0.3 is 10.6 Å². The highest BCUT2D eigenvalue weighted by atomic mass is 16.2. The minimum Gasteiger partial charge on any atom is -0.351 e. The van der Waals surface area contributed by atoms with Crippen molar-refractivity contribution < 1.29 is 9.59 Å². The zero-order chi connectivity index (χ0) is 21.7. The van der Waals surface area contributed by atoms with Gasteiger partial charge in [0.2, 0.25) is 5.91 Å². The second kappa shape index (κ2) is 9.57. The second-order valence-corrected chi connectivity index (χ2v) is 7.86. The van der Waals surface area contributed by atoms with Gasteiger partial charge >= 0.3 is 0 Å². The fourth-order valence-electron chi connectivity index (χ4n) is 3.84. The summed E-state index contributed by atoms with van der Waals surface area (Å²) in [5, 5.41) is 6.00. The Labute approximate surface area is 177 Å². The first-order chi connectivity index (χ1) is 14.4. The second-order valence-electron chi connectivity index (χ2n) is 7.86. The van der Waals surface area contributed by atoms with Crippen LogP contribution in [0.5, 0.6) is 0 Å². The zero-order valence-corrected chi connectivity index (χ0v) is 18.2. The first kappa shape index (κ1) is 21.6. The van der Waals surface area contributed by atoms with Crippen molar-refractivity contribution >= 4 is 23.1 Å². The number of benzene rings is 1. The summed E-state index contributed by atoms with van der Waals surface area (Å²) in [7, 11) is 0. The molecule has 2 aromatic heterocycles. The third-order valence-electron chi connectivity index (χ3n) is 5.23. The molecule has 0 aliphatic carbocycles. The van der Waals surface area contributed by atoms with Crippen molar-refractivity contribution in [3.8, 4) is 0 Å². The molecule has 0 saturated heterocycles. The number of rotatable bonds is 8. The molecule has 30 heavy (non-hydrogen) atoms. The maximum Gasteiger partial charge on any atom is 0.270 e. The summed E-state index contributed by atoms with van der Waals surface area (Å²) in [4.78, 5) is 29.2. The summed E-state index contributed by atoms with van der Waals surface area (Å²) in [6, 6.07) is 9.83. The van der Waals surface area contributed by atoms with Gasteiger partial charge in [0.15, 0.2) is 0 Å². The Morgan fingerprint density at radius 2 is 1.73 bits per heavy atom. The fraction of sp³-hybridized carbons (Fsp3) is 0.375. The van der Waals surface area contributed by atoms with E-state index in [-0.39, 0.29) is 11.8 Å². The van der Waals surface area contributed by atoms with Crippen LogP contribution in [0, 0.1) is 27.7 Å². The van der Waals surface area contributed by atoms with E-state index in [1.54, 1.807) is 0 Å². The summed E-state index contributed by atoms with van der Waals surface area (Å²) in [5.74, 6) is -0.0790. The van der Waals surface area contributed by atoms with Gasteiger partial charge in [0.1, 0.15) is 11.3 Å². The van der Waals surface area contributed by atoms with E-state index in [9.17, 15) is 9.59 Å². The van der Waals surface area contributed by atoms with E-state index in [0.29, 0.717) is 18.7 Å². The largest absolute Gasteiger partial charge is 0.351 e. The molecule has 1 aromatic carbocycles. The third kappa shape index (κ3) is 5.06. The third-order valence-corrected chi connectivity index (χ3v) is 5.23. The number of aryl methyl sites for hydroxylation is 4. The van der Waals surface area contributed by atoms with Gasteiger partial charge in [-0.1, -0.05) is 30.2 Å². The fourth-order valence-corrected chi connectivity index (χ4v) is 3.84. The Morgan fingerprint density at radius 3 is 2.47 bits per heavy atom. The van der Waals surface area contributed by atoms with E-state index in [0.717, 1.165) is 47.4 Å². The van der Waals surface area contributed by atoms with Gasteiger partial charge in [-0.3, -0.25) is 14.0 Å². The smallest absolute Gasteiger partial charge is 0.270 e. The van der Waals surface area contributed by atoms with Crippen LogP contribution < -0.4 is 10.6 Å². The predicted molar refractivity (Wildman–Crippen MR) is 120 cm³/mol. The molecule has 6 heteroatoms. The van der Waals surface area contributed by atoms with E-state index < -0.39 is 0 Å². The van der Waals surface area contributed by atoms with Gasteiger partial charge in [-0.05, 0) is 63.8 Å². The molecule has 2 amide bonds. The van der Waals surface area contributed by atoms with E-state index in [4.69, 9.17) is 0 Å². The standard InChI is InChI=1S/C24H30N4O2/c1-16-14-17(2)22(18(3)15-16)27-21(29)11-6-5-8-12-25-24(30)23-19(4)26-20-10-7-9-13-28(20)23/h7,9-10,13-15H,5-6,8,11-12H2,1-4H3,(H,25,30)(H,27,29). The SMILES string of the molecule is Cc1cc(C)c(NC(=O)CCCCCNC(=O)c2c(C)nc3ccccn23)c(C)c1. The van der Waals surface area contributed by atoms with Crippen molar-refractivity contribution in [3.05, 3.63) is 64.6 Å². The normalized spacial score (nSPS) is 10.9. The summed E-state index contributed by atoms with van der Waals surface area (Å²) >= 11 is 0. The number of anilines is 1. The lowest BCUT2D eigenvalue weighted by atomic mass is 10.0. The van der Waals surface area contributed by atoms with E-state index in [1.165, 1.54) is 5.56 Å². The summed E-state index contributed by atoms with van der Waals surface area (Å²) in [6.45, 7) is 8.52. The molecule has 0 unspecified atom stereocenters. The maximum atomic E-state index is 12.5. The molecule has 0 saturated carbocycles. The first-order valence-corrected chi connectivity index (χ1v) is 10.5. The number of hydrogen-bond donors (Lipinski definition) is 2. The number of unbranched alkanes of at least 4 members (excludes halogenated alkanes) is 2. The highest BCUT2D eigenvalue weighted by Crippen LogP contribution is 2.22. The van der Waals surface area contributed by atoms with Crippen LogP contribution in [-0.4, -0.2) is 27.7 Å². The molecule has 2 N–H and O–H groups in total. The first-order valence-electron chi connectivity index (χ1n) is 10.5. The Morgan fingerprint density at radius 1 is 1.00 bits per heavy atom. The predicted octanol–water partition coefficient (Wildman–Crippen LogP) is 4.50. The van der Waals surface area contributed by atoms with Gasteiger partial charge in [-0.2, -0.15) is 0 Å². The quantitative estimate of drug-likeness (QED) is 0.541. The molecular formula is C24H30N4O2. The number of amides is 2. The molecule has 0 fully saturated rings. The Kier molecular flexibility index (Phi) is 6.87. The number of hydrogen-bond acceptors (Lipinski definition) is 3. The lowest BCUT2D eigenvalue weighted by molar-refractivity contribution is -0.116. The monoisotopic (exact) mass is 406 g/mol. The van der Waals surface area contributed by atoms with Gasteiger partial charge in [0.25, 0.3) is 5.91 Å². The summed E-state index contributed by atoms with van der Waals surface area (Å²) in [6.07, 6.45) is 4.83. The average molecular weight is 407 g/mol. The van der Waals surface area contributed by atoms with Crippen molar-refractivity contribution in [1.29, 1.82) is 0 Å². The number of carbonyl (C=O) groups is 2. The van der Waals surface area contributed by atoms with Gasteiger partial charge in [-0.15, -0.1) is 0 Å². The Hall–Kier alpha value is -3.15. The summed E-state index contributed by atoms with van der Waals surface area (Å²) in [5.41, 5.74) is 6.36. The number of fused-ring (bicyclic) bond motifs is 1. The van der Waals surface area contributed by atoms with Crippen molar-refractivity contribution in [2.45, 2.75) is 53.4 Å². The van der Waals surface area contributed by atoms with Crippen LogP contribution in [0.15, 0.2) is 36.5 Å². The van der Waals surface area contributed by atoms with Gasteiger partial charge in [0.05, 0.1) is 5.69 Å². The lowest BCUT2D eigenvalue weighted by Gasteiger charge is -2.13. The molecule has 158 valence electrons. The van der Waals surface area contributed by atoms with Crippen molar-refractivity contribution in [1.82, 2.24) is 14.7 Å². The van der Waals surface area contributed by atoms with Crippen molar-refractivity contribution in [3.63, 3.8) is 0 Å². The Bertz CT molecular complexity index is 1050. The molecule has 3 aromatic rings. The molecule has 0 aliphatic heterocycles.